The van der Waals surface area contributed by atoms with Crippen molar-refractivity contribution >= 4 is 6.41 Å². The number of hydrogen-bond donors (Lipinski definition) is 2. The lowest BCUT2D eigenvalue weighted by Crippen LogP contribution is -2.51. The Bertz CT molecular complexity index is 132. The molecule has 1 saturated heterocycles. The second-order valence-corrected chi connectivity index (χ2v) is 2.81. The number of hydrogen-bond acceptors (Lipinski definition) is 3. The van der Waals surface area contributed by atoms with Crippen molar-refractivity contribution in [3.05, 3.63) is 0 Å². The fourth-order valence-corrected chi connectivity index (χ4v) is 1.24. The number of rotatable bonds is 3. The summed E-state index contributed by atoms with van der Waals surface area (Å²) in [7, 11) is 0. The van der Waals surface area contributed by atoms with Gasteiger partial charge >= 0.3 is 0 Å². The van der Waals surface area contributed by atoms with Crippen LogP contribution in [0.1, 0.15) is 12.8 Å². The molecule has 4 heteroatoms. The van der Waals surface area contributed by atoms with Crippen molar-refractivity contribution in [2.24, 2.45) is 0 Å². The molecule has 1 fully saturated rings. The van der Waals surface area contributed by atoms with Gasteiger partial charge in [0.15, 0.2) is 0 Å². The second kappa shape index (κ2) is 3.69. The molecule has 11 heavy (non-hydrogen) atoms. The van der Waals surface area contributed by atoms with Gasteiger partial charge in [0.05, 0.1) is 12.1 Å². The molecule has 64 valence electrons. The monoisotopic (exact) mass is 159 g/mol. The summed E-state index contributed by atoms with van der Waals surface area (Å²) in [6.45, 7) is 1.22. The fraction of sp³-hybridized carbons (Fsp3) is 0.857. The molecule has 1 amide bonds. The number of carbonyl (C=O) groups excluding carboxylic acids is 1. The van der Waals surface area contributed by atoms with Crippen molar-refractivity contribution in [1.82, 2.24) is 5.32 Å². The Kier molecular flexibility index (Phi) is 2.84. The van der Waals surface area contributed by atoms with Gasteiger partial charge in [-0.2, -0.15) is 0 Å². The Morgan fingerprint density at radius 1 is 1.55 bits per heavy atom. The first kappa shape index (κ1) is 8.49. The maximum absolute atomic E-state index is 10.2. The van der Waals surface area contributed by atoms with Crippen LogP contribution >= 0.6 is 0 Å². The molecular formula is C7H13NO3. The molecule has 1 heterocycles. The largest absolute Gasteiger partial charge is 0.394 e. The highest BCUT2D eigenvalue weighted by atomic mass is 16.5. The Morgan fingerprint density at radius 2 is 2.18 bits per heavy atom. The van der Waals surface area contributed by atoms with Crippen LogP contribution in [0.3, 0.4) is 0 Å². The minimum atomic E-state index is -0.417. The number of carbonyl (C=O) groups is 1. The van der Waals surface area contributed by atoms with E-state index in [4.69, 9.17) is 9.84 Å². The van der Waals surface area contributed by atoms with Crippen molar-refractivity contribution in [2.45, 2.75) is 18.4 Å². The van der Waals surface area contributed by atoms with Gasteiger partial charge < -0.3 is 15.2 Å². The number of ether oxygens (including phenoxy) is 1. The molecular weight excluding hydrogens is 146 g/mol. The van der Waals surface area contributed by atoms with Gasteiger partial charge in [-0.1, -0.05) is 0 Å². The third-order valence-electron chi connectivity index (χ3n) is 2.12. The number of amides is 1. The fourth-order valence-electron chi connectivity index (χ4n) is 1.24. The number of nitrogens with one attached hydrogen (secondary N) is 1. The highest BCUT2D eigenvalue weighted by Gasteiger charge is 2.30. The lowest BCUT2D eigenvalue weighted by Gasteiger charge is -2.34. The van der Waals surface area contributed by atoms with Crippen molar-refractivity contribution in [2.75, 3.05) is 19.8 Å². The Morgan fingerprint density at radius 3 is 2.64 bits per heavy atom. The van der Waals surface area contributed by atoms with Gasteiger partial charge in [0.2, 0.25) is 6.41 Å². The molecule has 0 aromatic carbocycles. The molecule has 0 unspecified atom stereocenters. The molecule has 2 N–H and O–H groups in total. The van der Waals surface area contributed by atoms with E-state index in [1.807, 2.05) is 0 Å². The zero-order valence-corrected chi connectivity index (χ0v) is 6.38. The smallest absolute Gasteiger partial charge is 0.207 e. The summed E-state index contributed by atoms with van der Waals surface area (Å²) in [5.74, 6) is 0. The SMILES string of the molecule is O=CNC1(CO)CCOCC1. The maximum Gasteiger partial charge on any atom is 0.207 e. The van der Waals surface area contributed by atoms with E-state index in [0.717, 1.165) is 0 Å². The molecule has 0 aliphatic carbocycles. The molecule has 0 aromatic rings. The van der Waals surface area contributed by atoms with Gasteiger partial charge in [-0.3, -0.25) is 4.79 Å². The van der Waals surface area contributed by atoms with E-state index in [-0.39, 0.29) is 6.61 Å². The Hall–Kier alpha value is -0.610. The van der Waals surface area contributed by atoms with Gasteiger partial charge in [0, 0.05) is 13.2 Å². The van der Waals surface area contributed by atoms with E-state index in [1.165, 1.54) is 0 Å². The van der Waals surface area contributed by atoms with Crippen LogP contribution < -0.4 is 5.32 Å². The predicted molar refractivity (Wildman–Crippen MR) is 39.1 cm³/mol. The van der Waals surface area contributed by atoms with E-state index in [1.54, 1.807) is 0 Å². The van der Waals surface area contributed by atoms with Crippen molar-refractivity contribution < 1.29 is 14.6 Å². The van der Waals surface area contributed by atoms with Crippen LogP contribution in [0, 0.1) is 0 Å². The van der Waals surface area contributed by atoms with Crippen LogP contribution in [0.5, 0.6) is 0 Å². The summed E-state index contributed by atoms with van der Waals surface area (Å²) >= 11 is 0. The molecule has 0 spiro atoms. The zero-order chi connectivity index (χ0) is 8.16. The second-order valence-electron chi connectivity index (χ2n) is 2.81. The van der Waals surface area contributed by atoms with E-state index >= 15 is 0 Å². The first-order chi connectivity index (χ1) is 5.33. The first-order valence-corrected chi connectivity index (χ1v) is 3.73. The third-order valence-corrected chi connectivity index (χ3v) is 2.12. The average molecular weight is 159 g/mol. The molecule has 4 nitrogen and oxygen atoms in total. The number of aliphatic hydroxyl groups excluding tert-OH is 1. The van der Waals surface area contributed by atoms with Crippen LogP contribution in [0.25, 0.3) is 0 Å². The molecule has 0 saturated carbocycles. The third kappa shape index (κ3) is 1.91. The Balaban J connectivity index is 2.49. The topological polar surface area (TPSA) is 58.6 Å². The van der Waals surface area contributed by atoms with E-state index in [0.29, 0.717) is 32.5 Å². The van der Waals surface area contributed by atoms with Crippen LogP contribution in [0.15, 0.2) is 0 Å². The van der Waals surface area contributed by atoms with Crippen LogP contribution in [0.4, 0.5) is 0 Å². The molecule has 0 atom stereocenters. The molecule has 0 aromatic heterocycles. The highest BCUT2D eigenvalue weighted by Crippen LogP contribution is 2.18. The van der Waals surface area contributed by atoms with Crippen LogP contribution in [-0.2, 0) is 9.53 Å². The standard InChI is InChI=1S/C7H13NO3/c9-5-7(8-6-10)1-3-11-4-2-7/h6,9H,1-5H2,(H,8,10). The minimum absolute atomic E-state index is 0.00486. The zero-order valence-electron chi connectivity index (χ0n) is 6.38. The quantitative estimate of drug-likeness (QED) is 0.534. The van der Waals surface area contributed by atoms with E-state index < -0.39 is 5.54 Å². The van der Waals surface area contributed by atoms with Gasteiger partial charge in [0.25, 0.3) is 0 Å². The molecule has 1 aliphatic heterocycles. The maximum atomic E-state index is 10.2. The highest BCUT2D eigenvalue weighted by molar-refractivity contribution is 5.48. The summed E-state index contributed by atoms with van der Waals surface area (Å²) in [5.41, 5.74) is -0.417. The van der Waals surface area contributed by atoms with Gasteiger partial charge in [-0.25, -0.2) is 0 Å². The number of aliphatic hydroxyl groups is 1. The summed E-state index contributed by atoms with van der Waals surface area (Å²) in [6, 6.07) is 0. The van der Waals surface area contributed by atoms with Crippen LogP contribution in [0.2, 0.25) is 0 Å². The molecule has 0 radical (unpaired) electrons. The van der Waals surface area contributed by atoms with Crippen LogP contribution in [-0.4, -0.2) is 36.9 Å². The van der Waals surface area contributed by atoms with Gasteiger partial charge in [0.1, 0.15) is 0 Å². The predicted octanol–water partition coefficient (Wildman–Crippen LogP) is -0.726. The summed E-state index contributed by atoms with van der Waals surface area (Å²) in [4.78, 5) is 10.2. The molecule has 1 aliphatic rings. The van der Waals surface area contributed by atoms with Crippen molar-refractivity contribution in [3.8, 4) is 0 Å². The van der Waals surface area contributed by atoms with Gasteiger partial charge in [-0.05, 0) is 12.8 Å². The van der Waals surface area contributed by atoms with E-state index in [9.17, 15) is 4.79 Å². The first-order valence-electron chi connectivity index (χ1n) is 3.73. The average Bonchev–Trinajstić information content (AvgIpc) is 2.07. The summed E-state index contributed by atoms with van der Waals surface area (Å²) < 4.78 is 5.11. The van der Waals surface area contributed by atoms with E-state index in [2.05, 4.69) is 5.32 Å². The van der Waals surface area contributed by atoms with Crippen molar-refractivity contribution in [1.29, 1.82) is 0 Å². The summed E-state index contributed by atoms with van der Waals surface area (Å²) in [5, 5.41) is 11.6. The van der Waals surface area contributed by atoms with Crippen molar-refractivity contribution in [3.63, 3.8) is 0 Å². The molecule has 0 bridgehead atoms. The minimum Gasteiger partial charge on any atom is -0.394 e. The summed E-state index contributed by atoms with van der Waals surface area (Å²) in [6.07, 6.45) is 2.03. The lowest BCUT2D eigenvalue weighted by molar-refractivity contribution is -0.113. The van der Waals surface area contributed by atoms with Gasteiger partial charge in [-0.15, -0.1) is 0 Å². The normalized spacial score (nSPS) is 22.6. The lowest BCUT2D eigenvalue weighted by atomic mass is 9.91. The molecule has 1 rings (SSSR count). The Labute approximate surface area is 65.5 Å².